The largest absolute Gasteiger partial charge is 0.396 e. The van der Waals surface area contributed by atoms with Crippen molar-refractivity contribution in [1.29, 1.82) is 0 Å². The molecule has 0 rings (SSSR count). The Labute approximate surface area is 81.2 Å². The van der Waals surface area contributed by atoms with Crippen LogP contribution in [0.2, 0.25) is 0 Å². The summed E-state index contributed by atoms with van der Waals surface area (Å²) >= 11 is 0. The zero-order valence-corrected chi connectivity index (χ0v) is 9.01. The van der Waals surface area contributed by atoms with Crippen molar-refractivity contribution in [3.05, 3.63) is 0 Å². The first-order valence-electron chi connectivity index (χ1n) is 5.01. The molecule has 80 valence electrons. The second-order valence-corrected chi connectivity index (χ2v) is 4.29. The van der Waals surface area contributed by atoms with Crippen molar-refractivity contribution in [2.24, 2.45) is 5.41 Å². The highest BCUT2D eigenvalue weighted by Crippen LogP contribution is 2.17. The van der Waals surface area contributed by atoms with Crippen LogP contribution in [0, 0.1) is 5.41 Å². The molecule has 1 unspecified atom stereocenters. The van der Waals surface area contributed by atoms with Crippen LogP contribution in [0.15, 0.2) is 0 Å². The molecule has 13 heavy (non-hydrogen) atoms. The van der Waals surface area contributed by atoms with Gasteiger partial charge in [0.25, 0.3) is 0 Å². The van der Waals surface area contributed by atoms with Gasteiger partial charge in [-0.25, -0.2) is 0 Å². The average molecular weight is 189 g/mol. The number of nitrogens with one attached hydrogen (secondary N) is 1. The van der Waals surface area contributed by atoms with Gasteiger partial charge in [0.1, 0.15) is 0 Å². The monoisotopic (exact) mass is 189 g/mol. The highest BCUT2D eigenvalue weighted by molar-refractivity contribution is 4.73. The third kappa shape index (κ3) is 6.02. The van der Waals surface area contributed by atoms with E-state index in [0.717, 1.165) is 13.0 Å². The van der Waals surface area contributed by atoms with Crippen LogP contribution in [0.1, 0.15) is 33.6 Å². The Morgan fingerprint density at radius 1 is 1.31 bits per heavy atom. The highest BCUT2D eigenvalue weighted by atomic mass is 16.3. The standard InChI is InChI=1S/C10H23NO2/c1-4-10(2,3)8-11-9(7-13)5-6-12/h9,11-13H,4-8H2,1-3H3. The van der Waals surface area contributed by atoms with Crippen molar-refractivity contribution in [3.8, 4) is 0 Å². The van der Waals surface area contributed by atoms with E-state index in [9.17, 15) is 0 Å². The number of hydrogen-bond donors (Lipinski definition) is 3. The molecule has 0 saturated carbocycles. The predicted molar refractivity (Wildman–Crippen MR) is 54.7 cm³/mol. The zero-order chi connectivity index (χ0) is 10.3. The fraction of sp³-hybridized carbons (Fsp3) is 1.00. The number of hydrogen-bond acceptors (Lipinski definition) is 3. The molecule has 0 aromatic carbocycles. The quantitative estimate of drug-likeness (QED) is 0.554. The molecular formula is C10H23NO2. The number of aliphatic hydroxyl groups excluding tert-OH is 2. The molecule has 0 aromatic rings. The third-order valence-corrected chi connectivity index (χ3v) is 2.52. The van der Waals surface area contributed by atoms with Crippen LogP contribution in [0.4, 0.5) is 0 Å². The Morgan fingerprint density at radius 3 is 2.31 bits per heavy atom. The summed E-state index contributed by atoms with van der Waals surface area (Å²) in [5, 5.41) is 20.9. The van der Waals surface area contributed by atoms with Crippen molar-refractivity contribution in [2.45, 2.75) is 39.7 Å². The summed E-state index contributed by atoms with van der Waals surface area (Å²) in [7, 11) is 0. The molecule has 0 amide bonds. The Morgan fingerprint density at radius 2 is 1.92 bits per heavy atom. The molecule has 0 aromatic heterocycles. The van der Waals surface area contributed by atoms with Gasteiger partial charge in [-0.3, -0.25) is 0 Å². The minimum Gasteiger partial charge on any atom is -0.396 e. The van der Waals surface area contributed by atoms with Crippen molar-refractivity contribution >= 4 is 0 Å². The van der Waals surface area contributed by atoms with E-state index in [1.165, 1.54) is 0 Å². The van der Waals surface area contributed by atoms with Crippen molar-refractivity contribution < 1.29 is 10.2 Å². The molecular weight excluding hydrogens is 166 g/mol. The van der Waals surface area contributed by atoms with E-state index in [0.29, 0.717) is 6.42 Å². The predicted octanol–water partition coefficient (Wildman–Crippen LogP) is 0.755. The Hall–Kier alpha value is -0.120. The van der Waals surface area contributed by atoms with Gasteiger partial charge in [0, 0.05) is 19.2 Å². The minimum absolute atomic E-state index is 0.0378. The fourth-order valence-electron chi connectivity index (χ4n) is 0.959. The Balaban J connectivity index is 3.70. The summed E-state index contributed by atoms with van der Waals surface area (Å²) in [5.41, 5.74) is 0.267. The normalized spacial score (nSPS) is 14.5. The van der Waals surface area contributed by atoms with Crippen LogP contribution in [0.25, 0.3) is 0 Å². The third-order valence-electron chi connectivity index (χ3n) is 2.52. The molecule has 3 heteroatoms. The van der Waals surface area contributed by atoms with Crippen LogP contribution in [0.3, 0.4) is 0 Å². The van der Waals surface area contributed by atoms with Gasteiger partial charge in [-0.1, -0.05) is 20.8 Å². The lowest BCUT2D eigenvalue weighted by atomic mass is 9.90. The maximum Gasteiger partial charge on any atom is 0.0585 e. The van der Waals surface area contributed by atoms with E-state index < -0.39 is 0 Å². The molecule has 0 radical (unpaired) electrons. The Kier molecular flexibility index (Phi) is 6.29. The van der Waals surface area contributed by atoms with E-state index in [1.54, 1.807) is 0 Å². The highest BCUT2D eigenvalue weighted by Gasteiger charge is 2.16. The summed E-state index contributed by atoms with van der Waals surface area (Å²) in [5.74, 6) is 0. The molecule has 0 bridgehead atoms. The minimum atomic E-state index is 0.0378. The second-order valence-electron chi connectivity index (χ2n) is 4.29. The SMILES string of the molecule is CCC(C)(C)CNC(CO)CCO. The van der Waals surface area contributed by atoms with Gasteiger partial charge in [0.2, 0.25) is 0 Å². The molecule has 1 atom stereocenters. The van der Waals surface area contributed by atoms with Gasteiger partial charge in [0.15, 0.2) is 0 Å². The molecule has 0 aliphatic carbocycles. The van der Waals surface area contributed by atoms with Crippen molar-refractivity contribution in [3.63, 3.8) is 0 Å². The lowest BCUT2D eigenvalue weighted by Gasteiger charge is -2.26. The smallest absolute Gasteiger partial charge is 0.0585 e. The van der Waals surface area contributed by atoms with E-state index in [1.807, 2.05) is 0 Å². The first-order valence-corrected chi connectivity index (χ1v) is 5.01. The summed E-state index contributed by atoms with van der Waals surface area (Å²) in [6, 6.07) is 0.0378. The molecule has 3 nitrogen and oxygen atoms in total. The molecule has 0 spiro atoms. The zero-order valence-electron chi connectivity index (χ0n) is 9.01. The number of rotatable bonds is 7. The second kappa shape index (κ2) is 6.35. The molecule has 3 N–H and O–H groups in total. The average Bonchev–Trinajstić information content (AvgIpc) is 2.12. The van der Waals surface area contributed by atoms with Gasteiger partial charge in [-0.15, -0.1) is 0 Å². The lowest BCUT2D eigenvalue weighted by molar-refractivity contribution is 0.186. The van der Waals surface area contributed by atoms with Crippen LogP contribution in [-0.4, -0.2) is 36.0 Å². The molecule has 0 saturated heterocycles. The summed E-state index contributed by atoms with van der Waals surface area (Å²) in [6.45, 7) is 7.64. The van der Waals surface area contributed by atoms with E-state index in [-0.39, 0.29) is 24.7 Å². The van der Waals surface area contributed by atoms with Crippen LogP contribution < -0.4 is 5.32 Å². The van der Waals surface area contributed by atoms with Crippen molar-refractivity contribution in [2.75, 3.05) is 19.8 Å². The van der Waals surface area contributed by atoms with Crippen LogP contribution >= 0.6 is 0 Å². The van der Waals surface area contributed by atoms with E-state index >= 15 is 0 Å². The lowest BCUT2D eigenvalue weighted by Crippen LogP contribution is -2.39. The van der Waals surface area contributed by atoms with Gasteiger partial charge in [-0.2, -0.15) is 0 Å². The summed E-state index contributed by atoms with van der Waals surface area (Å²) in [6.07, 6.45) is 1.73. The van der Waals surface area contributed by atoms with E-state index in [4.69, 9.17) is 10.2 Å². The maximum absolute atomic E-state index is 8.95. The van der Waals surface area contributed by atoms with Gasteiger partial charge in [0.05, 0.1) is 6.61 Å². The summed E-state index contributed by atoms with van der Waals surface area (Å²) < 4.78 is 0. The maximum atomic E-state index is 8.95. The first-order chi connectivity index (χ1) is 6.05. The van der Waals surface area contributed by atoms with Gasteiger partial charge < -0.3 is 15.5 Å². The number of aliphatic hydroxyl groups is 2. The van der Waals surface area contributed by atoms with Crippen molar-refractivity contribution in [1.82, 2.24) is 5.32 Å². The van der Waals surface area contributed by atoms with Gasteiger partial charge >= 0.3 is 0 Å². The summed E-state index contributed by atoms with van der Waals surface area (Å²) in [4.78, 5) is 0. The van der Waals surface area contributed by atoms with Crippen LogP contribution in [-0.2, 0) is 0 Å². The van der Waals surface area contributed by atoms with Gasteiger partial charge in [-0.05, 0) is 18.3 Å². The fourth-order valence-corrected chi connectivity index (χ4v) is 0.959. The molecule has 0 aliphatic rings. The first kappa shape index (κ1) is 12.9. The molecule has 0 heterocycles. The van der Waals surface area contributed by atoms with E-state index in [2.05, 4.69) is 26.1 Å². The molecule has 0 fully saturated rings. The molecule has 0 aliphatic heterocycles. The topological polar surface area (TPSA) is 52.5 Å². The van der Waals surface area contributed by atoms with Crippen LogP contribution in [0.5, 0.6) is 0 Å². The Bertz CT molecular complexity index is 126.